The minimum Gasteiger partial charge on any atom is -0.471 e. The van der Waals surface area contributed by atoms with Gasteiger partial charge in [0.25, 0.3) is 0 Å². The molecule has 2 atom stereocenters. The van der Waals surface area contributed by atoms with Crippen molar-refractivity contribution in [2.45, 2.75) is 40.3 Å². The van der Waals surface area contributed by atoms with Crippen LogP contribution >= 0.6 is 0 Å². The maximum absolute atomic E-state index is 13.2. The molecule has 1 fully saturated rings. The van der Waals surface area contributed by atoms with Gasteiger partial charge in [-0.1, -0.05) is 19.1 Å². The summed E-state index contributed by atoms with van der Waals surface area (Å²) in [5.74, 6) is 1.23. The Labute approximate surface area is 175 Å². The molecule has 1 N–H and O–H groups in total. The highest BCUT2D eigenvalue weighted by Gasteiger charge is 2.34. The van der Waals surface area contributed by atoms with Crippen molar-refractivity contribution >= 4 is 27.0 Å². The van der Waals surface area contributed by atoms with E-state index in [1.165, 1.54) is 18.6 Å². The number of halogens is 1. The number of hydrogen-bond donors (Lipinski definition) is 1. The molecule has 0 saturated heterocycles. The third-order valence-corrected chi connectivity index (χ3v) is 6.24. The summed E-state index contributed by atoms with van der Waals surface area (Å²) < 4.78 is 47.2. The topological polar surface area (TPSA) is 86.1 Å². The van der Waals surface area contributed by atoms with Gasteiger partial charge in [0.1, 0.15) is 23.5 Å². The highest BCUT2D eigenvalue weighted by molar-refractivity contribution is 7.91. The van der Waals surface area contributed by atoms with Gasteiger partial charge >= 0.3 is 0 Å². The Balaban J connectivity index is 1.78. The van der Waals surface area contributed by atoms with Crippen LogP contribution in [0.2, 0.25) is 0 Å². The van der Waals surface area contributed by atoms with Crippen LogP contribution < -0.4 is 9.46 Å². The van der Waals surface area contributed by atoms with Gasteiger partial charge in [0, 0.05) is 12.2 Å². The molecule has 0 aliphatic heterocycles. The average Bonchev–Trinajstić information content (AvgIpc) is 3.31. The summed E-state index contributed by atoms with van der Waals surface area (Å²) in [6.45, 7) is 7.23. The van der Waals surface area contributed by atoms with Gasteiger partial charge in [0.15, 0.2) is 0 Å². The molecule has 9 heteroatoms. The number of nitrogens with one attached hydrogen (secondary N) is 1. The molecule has 0 radical (unpaired) electrons. The van der Waals surface area contributed by atoms with Gasteiger partial charge in [0.2, 0.25) is 21.9 Å². The van der Waals surface area contributed by atoms with Gasteiger partial charge in [-0.25, -0.2) is 17.8 Å². The fraction of sp³-hybridized carbons (Fsp3) is 0.429. The van der Waals surface area contributed by atoms with Crippen molar-refractivity contribution < 1.29 is 17.5 Å². The summed E-state index contributed by atoms with van der Waals surface area (Å²) in [7, 11) is -3.55. The van der Waals surface area contributed by atoms with E-state index >= 15 is 0 Å². The minimum absolute atomic E-state index is 0.0286. The number of aromatic nitrogens is 3. The van der Waals surface area contributed by atoms with Crippen LogP contribution in [0.3, 0.4) is 0 Å². The van der Waals surface area contributed by atoms with Crippen LogP contribution in [0.4, 0.5) is 10.3 Å². The number of fused-ring (bicyclic) bond motifs is 1. The van der Waals surface area contributed by atoms with Crippen LogP contribution in [0, 0.1) is 31.5 Å². The average molecular weight is 433 g/mol. The lowest BCUT2D eigenvalue weighted by Crippen LogP contribution is -2.13. The standard InChI is InChI=1S/C21H25FN4O3S/c1-12-9-16(12)10-26-14(3)13(2)18-19(26)20(24-21(23-18)25-30(4,27)28)29-11-15-5-7-17(22)8-6-15/h5-8,12,16H,9-11H2,1-4H3,(H,23,24,25). The molecule has 1 aliphatic carbocycles. The Kier molecular flexibility index (Phi) is 5.17. The molecule has 1 aliphatic rings. The highest BCUT2D eigenvalue weighted by Crippen LogP contribution is 2.41. The Morgan fingerprint density at radius 1 is 1.23 bits per heavy atom. The van der Waals surface area contributed by atoms with Gasteiger partial charge < -0.3 is 9.30 Å². The SMILES string of the molecule is Cc1c(C)n(CC2CC2C)c2c(OCc3ccc(F)cc3)nc(NS(C)(=O)=O)nc12. The number of nitrogens with zero attached hydrogens (tertiary/aromatic N) is 3. The molecule has 0 spiro atoms. The normalized spacial score (nSPS) is 18.6. The van der Waals surface area contributed by atoms with Crippen LogP contribution in [0.15, 0.2) is 24.3 Å². The van der Waals surface area contributed by atoms with Crippen molar-refractivity contribution in [3.8, 4) is 5.88 Å². The fourth-order valence-corrected chi connectivity index (χ4v) is 4.06. The predicted molar refractivity (Wildman–Crippen MR) is 113 cm³/mol. The molecule has 1 saturated carbocycles. The Bertz CT molecular complexity index is 1210. The molecule has 30 heavy (non-hydrogen) atoms. The molecule has 0 amide bonds. The first-order valence-corrected chi connectivity index (χ1v) is 11.7. The van der Waals surface area contributed by atoms with E-state index in [2.05, 4.69) is 26.2 Å². The summed E-state index contributed by atoms with van der Waals surface area (Å²) in [4.78, 5) is 8.83. The molecule has 2 unspecified atom stereocenters. The zero-order chi connectivity index (χ0) is 21.6. The monoisotopic (exact) mass is 432 g/mol. The maximum Gasteiger partial charge on any atom is 0.243 e. The van der Waals surface area contributed by atoms with E-state index in [9.17, 15) is 12.8 Å². The summed E-state index contributed by atoms with van der Waals surface area (Å²) in [5, 5.41) is 0. The zero-order valence-electron chi connectivity index (χ0n) is 17.4. The molecule has 160 valence electrons. The summed E-state index contributed by atoms with van der Waals surface area (Å²) in [6.07, 6.45) is 2.23. The van der Waals surface area contributed by atoms with Crippen LogP contribution in [-0.2, 0) is 23.2 Å². The molecule has 4 rings (SSSR count). The lowest BCUT2D eigenvalue weighted by molar-refractivity contribution is 0.296. The van der Waals surface area contributed by atoms with E-state index in [-0.39, 0.29) is 18.4 Å². The van der Waals surface area contributed by atoms with Crippen LogP contribution in [-0.4, -0.2) is 29.2 Å². The summed E-state index contributed by atoms with van der Waals surface area (Å²) in [6, 6.07) is 6.03. The van der Waals surface area contributed by atoms with Gasteiger partial charge in [-0.05, 0) is 55.4 Å². The fourth-order valence-electron chi connectivity index (χ4n) is 3.64. The Morgan fingerprint density at radius 3 is 2.50 bits per heavy atom. The van der Waals surface area contributed by atoms with Gasteiger partial charge in [-0.2, -0.15) is 4.98 Å². The number of ether oxygens (including phenoxy) is 1. The quantitative estimate of drug-likeness (QED) is 0.614. The van der Waals surface area contributed by atoms with E-state index in [4.69, 9.17) is 4.74 Å². The zero-order valence-corrected chi connectivity index (χ0v) is 18.3. The van der Waals surface area contributed by atoms with E-state index < -0.39 is 10.0 Å². The second-order valence-electron chi connectivity index (χ2n) is 8.13. The minimum atomic E-state index is -3.55. The first kappa shape index (κ1) is 20.6. The molecule has 2 heterocycles. The molecule has 1 aromatic carbocycles. The Morgan fingerprint density at radius 2 is 1.90 bits per heavy atom. The second kappa shape index (κ2) is 7.54. The van der Waals surface area contributed by atoms with Crippen molar-refractivity contribution in [1.29, 1.82) is 0 Å². The van der Waals surface area contributed by atoms with Crippen molar-refractivity contribution in [1.82, 2.24) is 14.5 Å². The van der Waals surface area contributed by atoms with E-state index in [0.29, 0.717) is 23.2 Å². The van der Waals surface area contributed by atoms with Gasteiger partial charge in [-0.15, -0.1) is 0 Å². The molecule has 2 aromatic heterocycles. The molecule has 7 nitrogen and oxygen atoms in total. The molecule has 3 aromatic rings. The Hall–Kier alpha value is -2.68. The molecular formula is C21H25FN4O3S. The number of hydrogen-bond acceptors (Lipinski definition) is 5. The largest absolute Gasteiger partial charge is 0.471 e. The lowest BCUT2D eigenvalue weighted by atomic mass is 10.2. The predicted octanol–water partition coefficient (Wildman–Crippen LogP) is 3.79. The number of aryl methyl sites for hydroxylation is 1. The number of anilines is 1. The third-order valence-electron chi connectivity index (χ3n) is 5.68. The van der Waals surface area contributed by atoms with Crippen molar-refractivity contribution in [2.75, 3.05) is 11.0 Å². The van der Waals surface area contributed by atoms with Crippen molar-refractivity contribution in [3.05, 3.63) is 46.9 Å². The molecular weight excluding hydrogens is 407 g/mol. The third kappa shape index (κ3) is 4.26. The van der Waals surface area contributed by atoms with Crippen LogP contribution in [0.25, 0.3) is 11.0 Å². The number of rotatable bonds is 7. The van der Waals surface area contributed by atoms with E-state index in [1.54, 1.807) is 12.1 Å². The second-order valence-corrected chi connectivity index (χ2v) is 9.88. The van der Waals surface area contributed by atoms with Gasteiger partial charge in [0.05, 0.1) is 6.26 Å². The lowest BCUT2D eigenvalue weighted by Gasteiger charge is -2.13. The maximum atomic E-state index is 13.2. The first-order valence-electron chi connectivity index (χ1n) is 9.85. The van der Waals surface area contributed by atoms with E-state index in [1.807, 2.05) is 13.8 Å². The van der Waals surface area contributed by atoms with Crippen molar-refractivity contribution in [3.63, 3.8) is 0 Å². The van der Waals surface area contributed by atoms with Crippen LogP contribution in [0.1, 0.15) is 30.2 Å². The van der Waals surface area contributed by atoms with E-state index in [0.717, 1.165) is 35.1 Å². The summed E-state index contributed by atoms with van der Waals surface area (Å²) >= 11 is 0. The molecule has 0 bridgehead atoms. The van der Waals surface area contributed by atoms with Gasteiger partial charge in [-0.3, -0.25) is 4.72 Å². The number of sulfonamides is 1. The first-order chi connectivity index (χ1) is 14.1. The van der Waals surface area contributed by atoms with Crippen LogP contribution in [0.5, 0.6) is 5.88 Å². The highest BCUT2D eigenvalue weighted by atomic mass is 32.2. The summed E-state index contributed by atoms with van der Waals surface area (Å²) in [5.41, 5.74) is 4.22. The number of benzene rings is 1. The smallest absolute Gasteiger partial charge is 0.243 e. The van der Waals surface area contributed by atoms with Crippen molar-refractivity contribution in [2.24, 2.45) is 11.8 Å².